The molecule has 3 nitrogen and oxygen atoms in total. The van der Waals surface area contributed by atoms with Gasteiger partial charge in [-0.05, 0) is 24.3 Å². The SMILES string of the molecule is O=C(CNCc1ccccc1F)Nc1ccc(Cl)cc1C(F)(F)F. The summed E-state index contributed by atoms with van der Waals surface area (Å²) in [7, 11) is 0. The molecule has 0 bridgehead atoms. The average molecular weight is 361 g/mol. The summed E-state index contributed by atoms with van der Waals surface area (Å²) >= 11 is 5.57. The Morgan fingerprint density at radius 3 is 2.50 bits per heavy atom. The van der Waals surface area contributed by atoms with Crippen LogP contribution < -0.4 is 10.6 Å². The average Bonchev–Trinajstić information content (AvgIpc) is 2.50. The van der Waals surface area contributed by atoms with Crippen molar-refractivity contribution in [3.63, 3.8) is 0 Å². The Balaban J connectivity index is 1.97. The fourth-order valence-corrected chi connectivity index (χ4v) is 2.18. The van der Waals surface area contributed by atoms with Gasteiger partial charge in [-0.15, -0.1) is 0 Å². The molecule has 0 aliphatic carbocycles. The van der Waals surface area contributed by atoms with Crippen LogP contribution >= 0.6 is 11.6 Å². The fraction of sp³-hybridized carbons (Fsp3) is 0.188. The molecule has 0 unspecified atom stereocenters. The van der Waals surface area contributed by atoms with Crippen LogP contribution in [-0.2, 0) is 17.5 Å². The number of benzene rings is 2. The maximum Gasteiger partial charge on any atom is 0.418 e. The fourth-order valence-electron chi connectivity index (χ4n) is 2.01. The summed E-state index contributed by atoms with van der Waals surface area (Å²) in [6.07, 6.45) is -4.64. The Labute approximate surface area is 140 Å². The molecule has 2 N–H and O–H groups in total. The number of alkyl halides is 3. The van der Waals surface area contributed by atoms with Gasteiger partial charge in [-0.1, -0.05) is 29.8 Å². The molecule has 0 aromatic heterocycles. The minimum atomic E-state index is -4.64. The Bertz CT molecular complexity index is 734. The first-order chi connectivity index (χ1) is 11.3. The van der Waals surface area contributed by atoms with E-state index in [2.05, 4.69) is 10.6 Å². The van der Waals surface area contributed by atoms with Crippen molar-refractivity contribution in [2.45, 2.75) is 12.7 Å². The minimum Gasteiger partial charge on any atom is -0.324 e. The number of halogens is 5. The zero-order chi connectivity index (χ0) is 17.7. The Morgan fingerprint density at radius 1 is 1.12 bits per heavy atom. The van der Waals surface area contributed by atoms with Crippen LogP contribution in [0.5, 0.6) is 0 Å². The van der Waals surface area contributed by atoms with Crippen LogP contribution in [0.25, 0.3) is 0 Å². The molecule has 0 aliphatic rings. The van der Waals surface area contributed by atoms with E-state index in [0.29, 0.717) is 5.56 Å². The van der Waals surface area contributed by atoms with E-state index in [4.69, 9.17) is 11.6 Å². The van der Waals surface area contributed by atoms with E-state index in [0.717, 1.165) is 12.1 Å². The molecule has 0 spiro atoms. The molecule has 128 valence electrons. The summed E-state index contributed by atoms with van der Waals surface area (Å²) in [6, 6.07) is 9.07. The van der Waals surface area contributed by atoms with E-state index in [1.807, 2.05) is 0 Å². The van der Waals surface area contributed by atoms with Gasteiger partial charge >= 0.3 is 6.18 Å². The summed E-state index contributed by atoms with van der Waals surface area (Å²) in [5, 5.41) is 4.76. The molecule has 0 saturated carbocycles. The molecule has 2 rings (SSSR count). The summed E-state index contributed by atoms with van der Waals surface area (Å²) < 4.78 is 52.2. The van der Waals surface area contributed by atoms with Gasteiger partial charge in [0.25, 0.3) is 0 Å². The third kappa shape index (κ3) is 4.94. The highest BCUT2D eigenvalue weighted by molar-refractivity contribution is 6.30. The Hall–Kier alpha value is -2.12. The van der Waals surface area contributed by atoms with Crippen LogP contribution in [0.15, 0.2) is 42.5 Å². The summed E-state index contributed by atoms with van der Waals surface area (Å²) in [5.74, 6) is -1.11. The van der Waals surface area contributed by atoms with Crippen molar-refractivity contribution in [2.75, 3.05) is 11.9 Å². The molecular formula is C16H13ClF4N2O. The van der Waals surface area contributed by atoms with Crippen molar-refractivity contribution in [3.05, 3.63) is 64.4 Å². The van der Waals surface area contributed by atoms with Crippen molar-refractivity contribution in [2.24, 2.45) is 0 Å². The lowest BCUT2D eigenvalue weighted by Crippen LogP contribution is -2.28. The minimum absolute atomic E-state index is 0.0762. The number of rotatable bonds is 5. The second-order valence-corrected chi connectivity index (χ2v) is 5.37. The standard InChI is InChI=1S/C16H13ClF4N2O/c17-11-5-6-14(12(7-11)16(19,20)21)23-15(24)9-22-8-10-3-1-2-4-13(10)18/h1-7,22H,8-9H2,(H,23,24). The van der Waals surface area contributed by atoms with E-state index in [1.165, 1.54) is 18.2 Å². The molecular weight excluding hydrogens is 348 g/mol. The quantitative estimate of drug-likeness (QED) is 0.784. The third-order valence-corrected chi connectivity index (χ3v) is 3.36. The van der Waals surface area contributed by atoms with Crippen LogP contribution in [0.3, 0.4) is 0 Å². The van der Waals surface area contributed by atoms with Gasteiger partial charge in [0.05, 0.1) is 17.8 Å². The molecule has 2 aromatic carbocycles. The van der Waals surface area contributed by atoms with E-state index >= 15 is 0 Å². The maximum absolute atomic E-state index is 13.4. The lowest BCUT2D eigenvalue weighted by Gasteiger charge is -2.14. The first-order valence-electron chi connectivity index (χ1n) is 6.88. The van der Waals surface area contributed by atoms with Crippen molar-refractivity contribution < 1.29 is 22.4 Å². The van der Waals surface area contributed by atoms with Gasteiger partial charge < -0.3 is 10.6 Å². The molecule has 0 fully saturated rings. The second kappa shape index (κ2) is 7.63. The van der Waals surface area contributed by atoms with Crippen LogP contribution in [0.2, 0.25) is 5.02 Å². The van der Waals surface area contributed by atoms with Crippen molar-refractivity contribution in [1.82, 2.24) is 5.32 Å². The first kappa shape index (κ1) is 18.2. The van der Waals surface area contributed by atoms with E-state index in [-0.39, 0.29) is 23.8 Å². The van der Waals surface area contributed by atoms with Crippen LogP contribution in [0.4, 0.5) is 23.2 Å². The van der Waals surface area contributed by atoms with Crippen LogP contribution in [-0.4, -0.2) is 12.5 Å². The van der Waals surface area contributed by atoms with E-state index < -0.39 is 23.5 Å². The van der Waals surface area contributed by atoms with Gasteiger partial charge in [0, 0.05) is 17.1 Å². The highest BCUT2D eigenvalue weighted by Crippen LogP contribution is 2.36. The molecule has 2 aromatic rings. The molecule has 0 radical (unpaired) electrons. The number of hydrogen-bond acceptors (Lipinski definition) is 2. The molecule has 0 heterocycles. The molecule has 24 heavy (non-hydrogen) atoms. The van der Waals surface area contributed by atoms with Gasteiger partial charge in [0.2, 0.25) is 5.91 Å². The summed E-state index contributed by atoms with van der Waals surface area (Å²) in [4.78, 5) is 11.8. The van der Waals surface area contributed by atoms with E-state index in [1.54, 1.807) is 12.1 Å². The molecule has 8 heteroatoms. The molecule has 0 aliphatic heterocycles. The monoisotopic (exact) mass is 360 g/mol. The van der Waals surface area contributed by atoms with Gasteiger partial charge in [-0.3, -0.25) is 4.79 Å². The smallest absolute Gasteiger partial charge is 0.324 e. The predicted octanol–water partition coefficient (Wildman–Crippen LogP) is 4.23. The third-order valence-electron chi connectivity index (χ3n) is 3.12. The number of carbonyl (C=O) groups excluding carboxylic acids is 1. The highest BCUT2D eigenvalue weighted by atomic mass is 35.5. The normalized spacial score (nSPS) is 11.4. The maximum atomic E-state index is 13.4. The first-order valence-corrected chi connectivity index (χ1v) is 7.26. The summed E-state index contributed by atoms with van der Waals surface area (Å²) in [6.45, 7) is -0.193. The summed E-state index contributed by atoms with van der Waals surface area (Å²) in [5.41, 5.74) is -1.06. The molecule has 0 atom stereocenters. The lowest BCUT2D eigenvalue weighted by molar-refractivity contribution is -0.137. The van der Waals surface area contributed by atoms with Crippen molar-refractivity contribution >= 4 is 23.2 Å². The Morgan fingerprint density at radius 2 is 1.83 bits per heavy atom. The number of amides is 1. The second-order valence-electron chi connectivity index (χ2n) is 4.93. The Kier molecular flexibility index (Phi) is 5.80. The largest absolute Gasteiger partial charge is 0.418 e. The van der Waals surface area contributed by atoms with Gasteiger partial charge in [-0.2, -0.15) is 13.2 Å². The van der Waals surface area contributed by atoms with Gasteiger partial charge in [0.15, 0.2) is 0 Å². The zero-order valence-electron chi connectivity index (χ0n) is 12.3. The van der Waals surface area contributed by atoms with E-state index in [9.17, 15) is 22.4 Å². The topological polar surface area (TPSA) is 41.1 Å². The van der Waals surface area contributed by atoms with Crippen LogP contribution in [0.1, 0.15) is 11.1 Å². The van der Waals surface area contributed by atoms with Crippen molar-refractivity contribution in [3.8, 4) is 0 Å². The highest BCUT2D eigenvalue weighted by Gasteiger charge is 2.34. The van der Waals surface area contributed by atoms with Crippen LogP contribution in [0, 0.1) is 5.82 Å². The van der Waals surface area contributed by atoms with Crippen molar-refractivity contribution in [1.29, 1.82) is 0 Å². The number of anilines is 1. The number of hydrogen-bond donors (Lipinski definition) is 2. The van der Waals surface area contributed by atoms with Gasteiger partial charge in [-0.25, -0.2) is 4.39 Å². The predicted molar refractivity (Wildman–Crippen MR) is 83.2 cm³/mol. The zero-order valence-corrected chi connectivity index (χ0v) is 13.0. The molecule has 0 saturated heterocycles. The number of carbonyl (C=O) groups is 1. The lowest BCUT2D eigenvalue weighted by atomic mass is 10.1. The molecule has 1 amide bonds. The number of nitrogens with one attached hydrogen (secondary N) is 2. The van der Waals surface area contributed by atoms with Gasteiger partial charge in [0.1, 0.15) is 5.82 Å².